The van der Waals surface area contributed by atoms with Crippen LogP contribution in [0.4, 0.5) is 22.0 Å². The number of aliphatic hydroxyl groups is 1. The van der Waals surface area contributed by atoms with E-state index >= 15 is 0 Å². The largest absolute Gasteiger partial charge is 0.457 e. The first-order valence-corrected chi connectivity index (χ1v) is 8.57. The summed E-state index contributed by atoms with van der Waals surface area (Å²) in [5.41, 5.74) is -4.42. The van der Waals surface area contributed by atoms with Crippen molar-refractivity contribution in [2.45, 2.75) is 43.1 Å². The van der Waals surface area contributed by atoms with Gasteiger partial charge >= 0.3 is 11.8 Å². The van der Waals surface area contributed by atoms with Gasteiger partial charge in [0.2, 0.25) is 0 Å². The van der Waals surface area contributed by atoms with Gasteiger partial charge in [-0.15, -0.1) is 0 Å². The molecule has 0 fully saturated rings. The van der Waals surface area contributed by atoms with Crippen LogP contribution in [0.2, 0.25) is 0 Å². The number of nitrogens with zero attached hydrogens (tertiary/aromatic N) is 1. The molecule has 4 rings (SSSR count). The summed E-state index contributed by atoms with van der Waals surface area (Å²) < 4.78 is 77.0. The first-order valence-electron chi connectivity index (χ1n) is 8.57. The van der Waals surface area contributed by atoms with Gasteiger partial charge in [-0.3, -0.25) is 0 Å². The Balaban J connectivity index is 1.91. The van der Waals surface area contributed by atoms with Crippen LogP contribution in [0, 0.1) is 17.1 Å². The van der Waals surface area contributed by atoms with Gasteiger partial charge < -0.3 is 9.84 Å². The molecule has 28 heavy (non-hydrogen) atoms. The van der Waals surface area contributed by atoms with Crippen molar-refractivity contribution in [1.29, 1.82) is 5.26 Å². The lowest BCUT2D eigenvalue weighted by Crippen LogP contribution is -2.50. The summed E-state index contributed by atoms with van der Waals surface area (Å²) in [5, 5.41) is 19.5. The van der Waals surface area contributed by atoms with Crippen LogP contribution in [0.25, 0.3) is 0 Å². The van der Waals surface area contributed by atoms with Crippen molar-refractivity contribution in [2.75, 3.05) is 0 Å². The van der Waals surface area contributed by atoms with Gasteiger partial charge in [-0.05, 0) is 43.0 Å². The van der Waals surface area contributed by atoms with E-state index in [4.69, 9.17) is 10.00 Å². The summed E-state index contributed by atoms with van der Waals surface area (Å²) in [6.07, 6.45) is -0.472. The van der Waals surface area contributed by atoms with Crippen LogP contribution < -0.4 is 4.74 Å². The SMILES string of the molecule is C[C@@H]1CC[C@]2(O)c3c(ccc(Oc4cc(F)cc(C#N)c4)c31)C(F)(F)C2(F)F. The van der Waals surface area contributed by atoms with E-state index in [1.54, 1.807) is 13.0 Å². The fourth-order valence-electron chi connectivity index (χ4n) is 4.14. The molecule has 0 radical (unpaired) electrons. The third-order valence-corrected chi connectivity index (χ3v) is 5.53. The highest BCUT2D eigenvalue weighted by Gasteiger charge is 2.77. The summed E-state index contributed by atoms with van der Waals surface area (Å²) in [5.74, 6) is -10.5. The number of hydrogen-bond donors (Lipinski definition) is 1. The van der Waals surface area contributed by atoms with E-state index in [0.717, 1.165) is 24.3 Å². The molecular weight excluding hydrogens is 381 g/mol. The lowest BCUT2D eigenvalue weighted by molar-refractivity contribution is -0.289. The second-order valence-electron chi connectivity index (χ2n) is 7.24. The molecule has 2 aliphatic carbocycles. The molecule has 146 valence electrons. The quantitative estimate of drug-likeness (QED) is 0.701. The molecule has 0 aliphatic heterocycles. The third kappa shape index (κ3) is 2.23. The van der Waals surface area contributed by atoms with Gasteiger partial charge in [0, 0.05) is 22.8 Å². The van der Waals surface area contributed by atoms with Crippen LogP contribution in [-0.2, 0) is 11.5 Å². The molecule has 1 N–H and O–H groups in total. The maximum atomic E-state index is 14.5. The van der Waals surface area contributed by atoms with Crippen molar-refractivity contribution in [1.82, 2.24) is 0 Å². The molecule has 0 bridgehead atoms. The average Bonchev–Trinajstić information content (AvgIpc) is 2.74. The maximum absolute atomic E-state index is 14.5. The molecule has 0 saturated heterocycles. The molecule has 0 saturated carbocycles. The molecule has 2 aromatic carbocycles. The van der Waals surface area contributed by atoms with Gasteiger partial charge in [-0.2, -0.15) is 22.8 Å². The van der Waals surface area contributed by atoms with Crippen LogP contribution in [0.15, 0.2) is 30.3 Å². The molecule has 2 atom stereocenters. The molecule has 0 heterocycles. The van der Waals surface area contributed by atoms with E-state index in [1.165, 1.54) is 6.07 Å². The monoisotopic (exact) mass is 395 g/mol. The van der Waals surface area contributed by atoms with E-state index in [0.29, 0.717) is 0 Å². The maximum Gasteiger partial charge on any atom is 0.346 e. The first-order chi connectivity index (χ1) is 13.0. The zero-order valence-corrected chi connectivity index (χ0v) is 14.6. The highest BCUT2D eigenvalue weighted by atomic mass is 19.3. The van der Waals surface area contributed by atoms with Crippen molar-refractivity contribution >= 4 is 0 Å². The molecular formula is C20H14F5NO2. The standard InChI is InChI=1S/C20H14F5NO2/c1-10-4-5-18(27)17-14(19(22,23)20(18,24)25)2-3-15(16(10)17)28-13-7-11(9-26)6-12(21)8-13/h2-3,6-8,10,27H,4-5H2,1H3/t10-,18+/m1/s1. The minimum absolute atomic E-state index is 0.0209. The topological polar surface area (TPSA) is 53.2 Å². The lowest BCUT2D eigenvalue weighted by Gasteiger charge is -2.38. The van der Waals surface area contributed by atoms with Crippen molar-refractivity contribution < 1.29 is 31.8 Å². The fourth-order valence-corrected chi connectivity index (χ4v) is 4.14. The predicted molar refractivity (Wildman–Crippen MR) is 88.0 cm³/mol. The Hall–Kier alpha value is -2.66. The highest BCUT2D eigenvalue weighted by molar-refractivity contribution is 5.59. The number of ether oxygens (including phenoxy) is 1. The van der Waals surface area contributed by atoms with Crippen LogP contribution in [0.1, 0.15) is 47.9 Å². The third-order valence-electron chi connectivity index (χ3n) is 5.53. The molecule has 3 nitrogen and oxygen atoms in total. The van der Waals surface area contributed by atoms with E-state index in [9.17, 15) is 27.1 Å². The van der Waals surface area contributed by atoms with E-state index < -0.39 is 46.7 Å². The lowest BCUT2D eigenvalue weighted by atomic mass is 9.74. The van der Waals surface area contributed by atoms with Gasteiger partial charge in [-0.1, -0.05) is 6.92 Å². The van der Waals surface area contributed by atoms with Gasteiger partial charge in [0.05, 0.1) is 11.6 Å². The normalized spacial score (nSPS) is 26.4. The van der Waals surface area contributed by atoms with Gasteiger partial charge in [0.25, 0.3) is 0 Å². The summed E-state index contributed by atoms with van der Waals surface area (Å²) in [6, 6.07) is 6.90. The number of halogens is 5. The average molecular weight is 395 g/mol. The second-order valence-corrected chi connectivity index (χ2v) is 7.24. The van der Waals surface area contributed by atoms with Crippen molar-refractivity contribution in [3.8, 4) is 17.6 Å². The molecule has 0 unspecified atom stereocenters. The van der Waals surface area contributed by atoms with E-state index in [-0.39, 0.29) is 29.0 Å². The Labute approximate surface area is 157 Å². The summed E-state index contributed by atoms with van der Waals surface area (Å²) in [7, 11) is 0. The molecule has 2 aromatic rings. The Morgan fingerprint density at radius 1 is 1.18 bits per heavy atom. The predicted octanol–water partition coefficient (Wildman–Crippen LogP) is 5.32. The second kappa shape index (κ2) is 5.67. The van der Waals surface area contributed by atoms with Crippen LogP contribution in [0.3, 0.4) is 0 Å². The Kier molecular flexibility index (Phi) is 3.79. The summed E-state index contributed by atoms with van der Waals surface area (Å²) in [6.45, 7) is 1.66. The van der Waals surface area contributed by atoms with Gasteiger partial charge in [0.15, 0.2) is 5.60 Å². The smallest absolute Gasteiger partial charge is 0.346 e. The van der Waals surface area contributed by atoms with Crippen LogP contribution >= 0.6 is 0 Å². The molecule has 2 aliphatic rings. The molecule has 0 amide bonds. The summed E-state index contributed by atoms with van der Waals surface area (Å²) >= 11 is 0. The Bertz CT molecular complexity index is 1030. The number of alkyl halides is 4. The molecule has 0 spiro atoms. The number of rotatable bonds is 2. The van der Waals surface area contributed by atoms with Gasteiger partial charge in [0.1, 0.15) is 17.3 Å². The van der Waals surface area contributed by atoms with Crippen molar-refractivity contribution in [2.24, 2.45) is 0 Å². The Morgan fingerprint density at radius 3 is 2.57 bits per heavy atom. The fraction of sp³-hybridized carbons (Fsp3) is 0.350. The number of benzene rings is 2. The van der Waals surface area contributed by atoms with E-state index in [2.05, 4.69) is 0 Å². The highest BCUT2D eigenvalue weighted by Crippen LogP contribution is 2.66. The zero-order valence-electron chi connectivity index (χ0n) is 14.6. The van der Waals surface area contributed by atoms with Crippen molar-refractivity contribution in [3.05, 3.63) is 58.4 Å². The van der Waals surface area contributed by atoms with Crippen molar-refractivity contribution in [3.63, 3.8) is 0 Å². The first kappa shape index (κ1) is 18.7. The molecule has 8 heteroatoms. The summed E-state index contributed by atoms with van der Waals surface area (Å²) in [4.78, 5) is 0. The van der Waals surface area contributed by atoms with E-state index in [1.807, 2.05) is 0 Å². The van der Waals surface area contributed by atoms with Crippen LogP contribution in [-0.4, -0.2) is 11.0 Å². The Morgan fingerprint density at radius 2 is 1.89 bits per heavy atom. The minimum Gasteiger partial charge on any atom is -0.457 e. The molecule has 0 aromatic heterocycles. The number of nitriles is 1. The number of hydrogen-bond acceptors (Lipinski definition) is 3. The van der Waals surface area contributed by atoms with Gasteiger partial charge in [-0.25, -0.2) is 4.39 Å². The minimum atomic E-state index is -4.66. The zero-order chi connectivity index (χ0) is 20.5. The van der Waals surface area contributed by atoms with Crippen LogP contribution in [0.5, 0.6) is 11.5 Å².